The number of carbonyl (C=O) groups is 2. The molecule has 0 aliphatic heterocycles. The molecule has 0 unspecified atom stereocenters. The molecular formula is C20H29ClN2O2. The molecule has 138 valence electrons. The fourth-order valence-corrected chi connectivity index (χ4v) is 3.64. The number of nitrogens with zero attached hydrogens (tertiary/aromatic N) is 1. The van der Waals surface area contributed by atoms with Crippen molar-refractivity contribution in [2.24, 2.45) is 11.8 Å². The van der Waals surface area contributed by atoms with Gasteiger partial charge in [-0.1, -0.05) is 25.4 Å². The molecule has 0 radical (unpaired) electrons. The number of benzene rings is 1. The zero-order valence-electron chi connectivity index (χ0n) is 15.3. The first-order valence-corrected chi connectivity index (χ1v) is 9.78. The normalized spacial score (nSPS) is 20.1. The average molecular weight is 365 g/mol. The van der Waals surface area contributed by atoms with Gasteiger partial charge in [-0.05, 0) is 62.8 Å². The van der Waals surface area contributed by atoms with Crippen LogP contribution in [0.5, 0.6) is 0 Å². The first-order chi connectivity index (χ1) is 12.0. The van der Waals surface area contributed by atoms with Crippen molar-refractivity contribution in [3.8, 4) is 0 Å². The first kappa shape index (κ1) is 19.8. The molecule has 5 heteroatoms. The molecule has 2 rings (SSSR count). The van der Waals surface area contributed by atoms with E-state index in [1.165, 1.54) is 0 Å². The minimum Gasteiger partial charge on any atom is -0.342 e. The van der Waals surface area contributed by atoms with Crippen LogP contribution in [0, 0.1) is 11.8 Å². The zero-order chi connectivity index (χ0) is 18.2. The van der Waals surface area contributed by atoms with Gasteiger partial charge >= 0.3 is 0 Å². The van der Waals surface area contributed by atoms with E-state index in [1.54, 1.807) is 12.1 Å². The summed E-state index contributed by atoms with van der Waals surface area (Å²) in [5.74, 6) is 0.399. The van der Waals surface area contributed by atoms with E-state index in [2.05, 4.69) is 19.2 Å². The number of hydrogen-bond acceptors (Lipinski definition) is 2. The van der Waals surface area contributed by atoms with Crippen molar-refractivity contribution in [2.45, 2.75) is 52.4 Å². The van der Waals surface area contributed by atoms with Gasteiger partial charge in [0.05, 0.1) is 0 Å². The topological polar surface area (TPSA) is 49.4 Å². The molecule has 25 heavy (non-hydrogen) atoms. The maximum atomic E-state index is 12.7. The van der Waals surface area contributed by atoms with E-state index in [9.17, 15) is 9.59 Å². The largest absolute Gasteiger partial charge is 0.342 e. The highest BCUT2D eigenvalue weighted by molar-refractivity contribution is 6.30. The van der Waals surface area contributed by atoms with E-state index in [-0.39, 0.29) is 23.7 Å². The minimum absolute atomic E-state index is 0.00877. The second kappa shape index (κ2) is 9.81. The van der Waals surface area contributed by atoms with Crippen LogP contribution in [0.25, 0.3) is 0 Å². The van der Waals surface area contributed by atoms with Gasteiger partial charge in [0.2, 0.25) is 11.8 Å². The molecular weight excluding hydrogens is 336 g/mol. The van der Waals surface area contributed by atoms with E-state index in [0.717, 1.165) is 57.3 Å². The molecule has 1 aliphatic carbocycles. The third-order valence-corrected chi connectivity index (χ3v) is 5.11. The third kappa shape index (κ3) is 5.74. The highest BCUT2D eigenvalue weighted by Crippen LogP contribution is 2.31. The molecule has 1 N–H and O–H groups in total. The van der Waals surface area contributed by atoms with Crippen LogP contribution in [0.2, 0.25) is 5.02 Å². The highest BCUT2D eigenvalue weighted by atomic mass is 35.5. The minimum atomic E-state index is -0.00877. The van der Waals surface area contributed by atoms with Crippen molar-refractivity contribution in [1.82, 2.24) is 4.90 Å². The SMILES string of the molecule is CCCN(CCC)C(=O)C1CCC(C(=O)Nc2ccc(Cl)cc2)CC1. The molecule has 1 aromatic carbocycles. The van der Waals surface area contributed by atoms with Crippen LogP contribution in [0.15, 0.2) is 24.3 Å². The van der Waals surface area contributed by atoms with Crippen LogP contribution in [-0.4, -0.2) is 29.8 Å². The summed E-state index contributed by atoms with van der Waals surface area (Å²) in [6, 6.07) is 7.15. The Morgan fingerprint density at radius 1 is 1.00 bits per heavy atom. The monoisotopic (exact) mass is 364 g/mol. The molecule has 4 nitrogen and oxygen atoms in total. The molecule has 0 saturated heterocycles. The number of rotatable bonds is 7. The Morgan fingerprint density at radius 2 is 1.52 bits per heavy atom. The summed E-state index contributed by atoms with van der Waals surface area (Å²) in [6.07, 6.45) is 5.15. The lowest BCUT2D eigenvalue weighted by Crippen LogP contribution is -2.39. The van der Waals surface area contributed by atoms with Gasteiger partial charge in [-0.15, -0.1) is 0 Å². The molecule has 0 atom stereocenters. The van der Waals surface area contributed by atoms with Crippen molar-refractivity contribution in [3.05, 3.63) is 29.3 Å². The highest BCUT2D eigenvalue weighted by Gasteiger charge is 2.31. The van der Waals surface area contributed by atoms with Gasteiger partial charge in [0.25, 0.3) is 0 Å². The number of anilines is 1. The molecule has 0 bridgehead atoms. The molecule has 1 aromatic rings. The number of hydrogen-bond donors (Lipinski definition) is 1. The first-order valence-electron chi connectivity index (χ1n) is 9.40. The van der Waals surface area contributed by atoms with Crippen molar-refractivity contribution >= 4 is 29.1 Å². The second-order valence-electron chi connectivity index (χ2n) is 6.87. The number of nitrogens with one attached hydrogen (secondary N) is 1. The Morgan fingerprint density at radius 3 is 2.04 bits per heavy atom. The average Bonchev–Trinajstić information content (AvgIpc) is 2.63. The van der Waals surface area contributed by atoms with Crippen molar-refractivity contribution < 1.29 is 9.59 Å². The number of amides is 2. The van der Waals surface area contributed by atoms with E-state index in [0.29, 0.717) is 5.02 Å². The van der Waals surface area contributed by atoms with Crippen LogP contribution >= 0.6 is 11.6 Å². The van der Waals surface area contributed by atoms with Crippen LogP contribution in [-0.2, 0) is 9.59 Å². The van der Waals surface area contributed by atoms with Gasteiger partial charge in [0, 0.05) is 35.6 Å². The quantitative estimate of drug-likeness (QED) is 0.760. The number of carbonyl (C=O) groups excluding carboxylic acids is 2. The summed E-state index contributed by atoms with van der Waals surface area (Å²) in [5, 5.41) is 3.61. The smallest absolute Gasteiger partial charge is 0.227 e. The van der Waals surface area contributed by atoms with Gasteiger partial charge in [0.15, 0.2) is 0 Å². The summed E-state index contributed by atoms with van der Waals surface area (Å²) >= 11 is 5.86. The predicted octanol–water partition coefficient (Wildman–Crippen LogP) is 4.73. The summed E-state index contributed by atoms with van der Waals surface area (Å²) in [5.41, 5.74) is 0.768. The lowest BCUT2D eigenvalue weighted by molar-refractivity contribution is -0.138. The molecule has 1 aliphatic rings. The number of halogens is 1. The second-order valence-corrected chi connectivity index (χ2v) is 7.31. The lowest BCUT2D eigenvalue weighted by atomic mass is 9.80. The summed E-state index contributed by atoms with van der Waals surface area (Å²) < 4.78 is 0. The van der Waals surface area contributed by atoms with Crippen LogP contribution in [0.4, 0.5) is 5.69 Å². The van der Waals surface area contributed by atoms with Crippen molar-refractivity contribution in [2.75, 3.05) is 18.4 Å². The van der Waals surface area contributed by atoms with Crippen molar-refractivity contribution in [3.63, 3.8) is 0 Å². The molecule has 0 heterocycles. The van der Waals surface area contributed by atoms with E-state index >= 15 is 0 Å². The predicted molar refractivity (Wildman–Crippen MR) is 103 cm³/mol. The van der Waals surface area contributed by atoms with Crippen LogP contribution in [0.3, 0.4) is 0 Å². The maximum Gasteiger partial charge on any atom is 0.227 e. The standard InChI is InChI=1S/C20H29ClN2O2/c1-3-13-23(14-4-2)20(25)16-7-5-15(6-8-16)19(24)22-18-11-9-17(21)10-12-18/h9-12,15-16H,3-8,13-14H2,1-2H3,(H,22,24). The molecule has 0 aromatic heterocycles. The molecule has 2 amide bonds. The Hall–Kier alpha value is -1.55. The fraction of sp³-hybridized carbons (Fsp3) is 0.600. The molecule has 1 saturated carbocycles. The van der Waals surface area contributed by atoms with Gasteiger partial charge in [0.1, 0.15) is 0 Å². The zero-order valence-corrected chi connectivity index (χ0v) is 16.0. The Kier molecular flexibility index (Phi) is 7.76. The molecule has 0 spiro atoms. The van der Waals surface area contributed by atoms with Gasteiger partial charge in [-0.3, -0.25) is 9.59 Å². The van der Waals surface area contributed by atoms with Crippen LogP contribution < -0.4 is 5.32 Å². The van der Waals surface area contributed by atoms with E-state index < -0.39 is 0 Å². The van der Waals surface area contributed by atoms with Gasteiger partial charge in [-0.25, -0.2) is 0 Å². The maximum absolute atomic E-state index is 12.7. The third-order valence-electron chi connectivity index (χ3n) is 4.86. The Labute approximate surface area is 155 Å². The van der Waals surface area contributed by atoms with Crippen LogP contribution in [0.1, 0.15) is 52.4 Å². The summed E-state index contributed by atoms with van der Waals surface area (Å²) in [7, 11) is 0. The Bertz CT molecular complexity index is 560. The van der Waals surface area contributed by atoms with E-state index in [1.807, 2.05) is 17.0 Å². The molecule has 1 fully saturated rings. The Balaban J connectivity index is 1.84. The lowest BCUT2D eigenvalue weighted by Gasteiger charge is -2.31. The fourth-order valence-electron chi connectivity index (χ4n) is 3.51. The van der Waals surface area contributed by atoms with E-state index in [4.69, 9.17) is 11.6 Å². The summed E-state index contributed by atoms with van der Waals surface area (Å²) in [4.78, 5) is 27.1. The summed E-state index contributed by atoms with van der Waals surface area (Å²) in [6.45, 7) is 5.88. The van der Waals surface area contributed by atoms with Gasteiger partial charge in [-0.2, -0.15) is 0 Å². The van der Waals surface area contributed by atoms with Gasteiger partial charge < -0.3 is 10.2 Å². The van der Waals surface area contributed by atoms with Crippen molar-refractivity contribution in [1.29, 1.82) is 0 Å².